The van der Waals surface area contributed by atoms with E-state index in [1.165, 1.54) is 12.1 Å². The second-order valence-electron chi connectivity index (χ2n) is 5.62. The molecule has 134 valence electrons. The minimum absolute atomic E-state index is 0. The normalized spacial score (nSPS) is 18.1. The standard InChI is InChI=1S/C18H18ClFN2O2.ClH/c19-14-5-1-3-12(9-14)17(13-4-2-6-15(20)10-13)22-18(23)16-11-21-7-8-24-16;/h1-6,9-10,16-17,21H,7-8,11H2,(H,22,23);1H. The van der Waals surface area contributed by atoms with Gasteiger partial charge in [-0.2, -0.15) is 0 Å². The molecule has 1 amide bonds. The number of morpholine rings is 1. The van der Waals surface area contributed by atoms with Gasteiger partial charge in [0.2, 0.25) is 0 Å². The van der Waals surface area contributed by atoms with Gasteiger partial charge in [-0.05, 0) is 35.4 Å². The van der Waals surface area contributed by atoms with Crippen LogP contribution in [0.5, 0.6) is 0 Å². The molecule has 0 spiro atoms. The van der Waals surface area contributed by atoms with Gasteiger partial charge in [-0.1, -0.05) is 35.9 Å². The van der Waals surface area contributed by atoms with Crippen LogP contribution in [0.25, 0.3) is 0 Å². The molecule has 0 aromatic heterocycles. The summed E-state index contributed by atoms with van der Waals surface area (Å²) in [5.74, 6) is -0.596. The van der Waals surface area contributed by atoms with Crippen LogP contribution in [-0.4, -0.2) is 31.7 Å². The summed E-state index contributed by atoms with van der Waals surface area (Å²) in [6.45, 7) is 1.67. The molecule has 2 aromatic carbocycles. The van der Waals surface area contributed by atoms with Crippen molar-refractivity contribution in [2.24, 2.45) is 0 Å². The van der Waals surface area contributed by atoms with E-state index in [4.69, 9.17) is 16.3 Å². The molecule has 2 N–H and O–H groups in total. The van der Waals surface area contributed by atoms with E-state index in [-0.39, 0.29) is 24.1 Å². The number of rotatable bonds is 4. The molecule has 7 heteroatoms. The van der Waals surface area contributed by atoms with Crippen molar-refractivity contribution >= 4 is 29.9 Å². The highest BCUT2D eigenvalue weighted by Gasteiger charge is 2.25. The molecule has 1 aliphatic heterocycles. The van der Waals surface area contributed by atoms with E-state index in [2.05, 4.69) is 10.6 Å². The van der Waals surface area contributed by atoms with E-state index >= 15 is 0 Å². The molecular formula is C18H19Cl2FN2O2. The van der Waals surface area contributed by atoms with Crippen molar-refractivity contribution in [2.75, 3.05) is 19.7 Å². The molecule has 1 heterocycles. The third kappa shape index (κ3) is 5.16. The summed E-state index contributed by atoms with van der Waals surface area (Å²) in [6.07, 6.45) is -0.561. The van der Waals surface area contributed by atoms with Crippen LogP contribution in [0.2, 0.25) is 5.02 Å². The number of hydrogen-bond donors (Lipinski definition) is 2. The number of carbonyl (C=O) groups is 1. The number of carbonyl (C=O) groups excluding carboxylic acids is 1. The van der Waals surface area contributed by atoms with E-state index in [1.54, 1.807) is 30.3 Å². The summed E-state index contributed by atoms with van der Waals surface area (Å²) in [4.78, 5) is 12.5. The first kappa shape index (κ1) is 19.7. The Morgan fingerprint density at radius 2 is 1.96 bits per heavy atom. The van der Waals surface area contributed by atoms with Crippen LogP contribution in [0, 0.1) is 5.82 Å². The fourth-order valence-electron chi connectivity index (χ4n) is 2.70. The van der Waals surface area contributed by atoms with Gasteiger partial charge in [0.1, 0.15) is 11.9 Å². The molecule has 1 fully saturated rings. The van der Waals surface area contributed by atoms with Gasteiger partial charge >= 0.3 is 0 Å². The van der Waals surface area contributed by atoms with Crippen LogP contribution in [-0.2, 0) is 9.53 Å². The minimum atomic E-state index is -0.561. The highest BCUT2D eigenvalue weighted by atomic mass is 35.5. The first-order valence-electron chi connectivity index (χ1n) is 7.77. The number of nitrogens with one attached hydrogen (secondary N) is 2. The topological polar surface area (TPSA) is 50.4 Å². The highest BCUT2D eigenvalue weighted by Crippen LogP contribution is 2.25. The molecule has 4 nitrogen and oxygen atoms in total. The smallest absolute Gasteiger partial charge is 0.251 e. The van der Waals surface area contributed by atoms with Gasteiger partial charge in [0.25, 0.3) is 5.91 Å². The van der Waals surface area contributed by atoms with Gasteiger partial charge in [-0.15, -0.1) is 12.4 Å². The Labute approximate surface area is 157 Å². The molecule has 0 radical (unpaired) electrons. The van der Waals surface area contributed by atoms with E-state index in [0.717, 1.165) is 12.1 Å². The lowest BCUT2D eigenvalue weighted by atomic mass is 9.98. The highest BCUT2D eigenvalue weighted by molar-refractivity contribution is 6.30. The lowest BCUT2D eigenvalue weighted by Gasteiger charge is -2.26. The van der Waals surface area contributed by atoms with Gasteiger partial charge in [-0.25, -0.2) is 4.39 Å². The van der Waals surface area contributed by atoms with Crippen molar-refractivity contribution in [3.8, 4) is 0 Å². The Morgan fingerprint density at radius 3 is 2.60 bits per heavy atom. The first-order chi connectivity index (χ1) is 11.6. The summed E-state index contributed by atoms with van der Waals surface area (Å²) in [6, 6.07) is 12.8. The molecule has 0 saturated carbocycles. The monoisotopic (exact) mass is 384 g/mol. The van der Waals surface area contributed by atoms with Crippen LogP contribution in [0.4, 0.5) is 4.39 Å². The Bertz CT molecular complexity index is 678. The maximum atomic E-state index is 13.6. The molecule has 2 unspecified atom stereocenters. The van der Waals surface area contributed by atoms with Crippen LogP contribution in [0.3, 0.4) is 0 Å². The molecule has 2 atom stereocenters. The second-order valence-corrected chi connectivity index (χ2v) is 6.05. The maximum absolute atomic E-state index is 13.6. The van der Waals surface area contributed by atoms with Gasteiger partial charge < -0.3 is 15.4 Å². The lowest BCUT2D eigenvalue weighted by Crippen LogP contribution is -2.48. The molecule has 2 aromatic rings. The van der Waals surface area contributed by atoms with Crippen molar-refractivity contribution < 1.29 is 13.9 Å². The third-order valence-electron chi connectivity index (χ3n) is 3.87. The van der Waals surface area contributed by atoms with Crippen molar-refractivity contribution in [3.63, 3.8) is 0 Å². The second kappa shape index (κ2) is 9.15. The van der Waals surface area contributed by atoms with E-state index in [0.29, 0.717) is 23.7 Å². The quantitative estimate of drug-likeness (QED) is 0.851. The van der Waals surface area contributed by atoms with Crippen molar-refractivity contribution in [1.82, 2.24) is 10.6 Å². The Morgan fingerprint density at radius 1 is 1.24 bits per heavy atom. The zero-order valence-corrected chi connectivity index (χ0v) is 14.9. The zero-order chi connectivity index (χ0) is 16.9. The van der Waals surface area contributed by atoms with Gasteiger partial charge in [0.15, 0.2) is 0 Å². The van der Waals surface area contributed by atoms with Crippen LogP contribution >= 0.6 is 24.0 Å². The summed E-state index contributed by atoms with van der Waals surface area (Å²) in [5, 5.41) is 6.62. The number of amides is 1. The molecule has 0 bridgehead atoms. The Balaban J connectivity index is 0.00000225. The number of benzene rings is 2. The van der Waals surface area contributed by atoms with E-state index in [1.807, 2.05) is 6.07 Å². The summed E-state index contributed by atoms with van der Waals surface area (Å²) < 4.78 is 19.1. The first-order valence-corrected chi connectivity index (χ1v) is 8.15. The molecular weight excluding hydrogens is 366 g/mol. The average molecular weight is 385 g/mol. The van der Waals surface area contributed by atoms with Crippen LogP contribution in [0.15, 0.2) is 48.5 Å². The van der Waals surface area contributed by atoms with Crippen LogP contribution < -0.4 is 10.6 Å². The minimum Gasteiger partial charge on any atom is -0.366 e. The molecule has 3 rings (SSSR count). The average Bonchev–Trinajstić information content (AvgIpc) is 2.60. The van der Waals surface area contributed by atoms with Crippen molar-refractivity contribution in [3.05, 3.63) is 70.5 Å². The summed E-state index contributed by atoms with van der Waals surface area (Å²) >= 11 is 6.07. The van der Waals surface area contributed by atoms with E-state index < -0.39 is 12.1 Å². The lowest BCUT2D eigenvalue weighted by molar-refractivity contribution is -0.134. The largest absolute Gasteiger partial charge is 0.366 e. The molecule has 1 aliphatic rings. The predicted octanol–water partition coefficient (Wildman–Crippen LogP) is 3.09. The van der Waals surface area contributed by atoms with Gasteiger partial charge in [0, 0.05) is 18.1 Å². The number of halogens is 3. The van der Waals surface area contributed by atoms with Gasteiger partial charge in [0.05, 0.1) is 12.6 Å². The fourth-order valence-corrected chi connectivity index (χ4v) is 2.90. The van der Waals surface area contributed by atoms with Crippen LogP contribution in [0.1, 0.15) is 17.2 Å². The predicted molar refractivity (Wildman–Crippen MR) is 97.7 cm³/mol. The van der Waals surface area contributed by atoms with Crippen molar-refractivity contribution in [1.29, 1.82) is 0 Å². The molecule has 1 saturated heterocycles. The zero-order valence-electron chi connectivity index (χ0n) is 13.4. The Hall–Kier alpha value is -1.66. The van der Waals surface area contributed by atoms with E-state index in [9.17, 15) is 9.18 Å². The maximum Gasteiger partial charge on any atom is 0.251 e. The molecule has 0 aliphatic carbocycles. The summed E-state index contributed by atoms with van der Waals surface area (Å²) in [7, 11) is 0. The van der Waals surface area contributed by atoms with Gasteiger partial charge in [-0.3, -0.25) is 4.79 Å². The fraction of sp³-hybridized carbons (Fsp3) is 0.278. The molecule has 25 heavy (non-hydrogen) atoms. The SMILES string of the molecule is Cl.O=C(NC(c1cccc(F)c1)c1cccc(Cl)c1)C1CNCCO1. The third-order valence-corrected chi connectivity index (χ3v) is 4.11. The van der Waals surface area contributed by atoms with Crippen molar-refractivity contribution in [2.45, 2.75) is 12.1 Å². The summed E-state index contributed by atoms with van der Waals surface area (Å²) in [5.41, 5.74) is 1.43. The Kier molecular flexibility index (Phi) is 7.20. The number of ether oxygens (including phenoxy) is 1. The number of hydrogen-bond acceptors (Lipinski definition) is 3.